The van der Waals surface area contributed by atoms with Gasteiger partial charge in [-0.15, -0.1) is 21.5 Å². The van der Waals surface area contributed by atoms with Gasteiger partial charge in [0, 0.05) is 21.7 Å². The lowest BCUT2D eigenvalue weighted by Crippen LogP contribution is -2.27. The molecule has 3 N–H and O–H groups in total. The first-order valence-corrected chi connectivity index (χ1v) is 13.2. The van der Waals surface area contributed by atoms with Crippen LogP contribution in [0.25, 0.3) is 11.1 Å². The molecule has 2 aromatic carbocycles. The third-order valence-electron chi connectivity index (χ3n) is 5.55. The summed E-state index contributed by atoms with van der Waals surface area (Å²) >= 11 is 8.98. The third-order valence-corrected chi connectivity index (χ3v) is 7.80. The molecular weight excluding hydrogens is 516 g/mol. The predicted octanol–water partition coefficient (Wildman–Crippen LogP) is 6.00. The Hall–Kier alpha value is -3.52. The van der Waals surface area contributed by atoms with Crippen LogP contribution in [0.15, 0.2) is 59.1 Å². The van der Waals surface area contributed by atoms with Gasteiger partial charge < -0.3 is 15.8 Å². The Labute approximate surface area is 222 Å². The molecule has 0 aliphatic heterocycles. The SMILES string of the molecule is CCC(C(=O)Nc1scc(-c2ccc(OC)cc2)c1C#N)n1c(N)nnc1SCc1ccccc1Cl. The van der Waals surface area contributed by atoms with Crippen molar-refractivity contribution in [2.75, 3.05) is 18.2 Å². The van der Waals surface area contributed by atoms with Crippen LogP contribution in [0, 0.1) is 11.3 Å². The number of aromatic nitrogens is 3. The molecule has 11 heteroatoms. The standard InChI is InChI=1S/C25H23ClN6O2S2/c1-3-21(32-24(28)30-31-25(32)36-13-16-6-4-5-7-20(16)26)22(33)29-23-18(12-27)19(14-35-23)15-8-10-17(34-2)11-9-15/h4-11,14,21H,3,13H2,1-2H3,(H2,28,30)(H,29,33). The number of rotatable bonds is 9. The van der Waals surface area contributed by atoms with Gasteiger partial charge in [0.1, 0.15) is 22.9 Å². The minimum absolute atomic E-state index is 0.143. The van der Waals surface area contributed by atoms with Crippen molar-refractivity contribution in [3.05, 3.63) is 70.1 Å². The first-order chi connectivity index (χ1) is 17.5. The summed E-state index contributed by atoms with van der Waals surface area (Å²) in [5.41, 5.74) is 9.06. The summed E-state index contributed by atoms with van der Waals surface area (Å²) in [5, 5.41) is 24.5. The normalized spacial score (nSPS) is 11.6. The second kappa shape index (κ2) is 11.5. The van der Waals surface area contributed by atoms with E-state index >= 15 is 0 Å². The van der Waals surface area contributed by atoms with Crippen molar-refractivity contribution in [2.24, 2.45) is 0 Å². The molecule has 0 radical (unpaired) electrons. The minimum atomic E-state index is -0.660. The number of nitriles is 1. The number of ether oxygens (including phenoxy) is 1. The van der Waals surface area contributed by atoms with E-state index in [2.05, 4.69) is 21.6 Å². The average molecular weight is 539 g/mol. The van der Waals surface area contributed by atoms with E-state index in [-0.39, 0.29) is 11.9 Å². The van der Waals surface area contributed by atoms with Crippen molar-refractivity contribution >= 4 is 51.6 Å². The summed E-state index contributed by atoms with van der Waals surface area (Å²) in [6.07, 6.45) is 0.451. The number of nitrogens with two attached hydrogens (primary N) is 1. The lowest BCUT2D eigenvalue weighted by Gasteiger charge is -2.19. The molecule has 36 heavy (non-hydrogen) atoms. The van der Waals surface area contributed by atoms with Gasteiger partial charge in [0.05, 0.1) is 12.7 Å². The maximum absolute atomic E-state index is 13.4. The fourth-order valence-electron chi connectivity index (χ4n) is 3.66. The second-order valence-electron chi connectivity index (χ2n) is 7.70. The number of nitrogen functional groups attached to an aromatic ring is 1. The average Bonchev–Trinajstić information content (AvgIpc) is 3.47. The van der Waals surface area contributed by atoms with Crippen molar-refractivity contribution in [1.82, 2.24) is 14.8 Å². The number of hydrogen-bond acceptors (Lipinski definition) is 8. The van der Waals surface area contributed by atoms with Crippen LogP contribution >= 0.6 is 34.7 Å². The molecule has 184 valence electrons. The molecule has 2 aromatic heterocycles. The quantitative estimate of drug-likeness (QED) is 0.251. The molecule has 0 aliphatic carbocycles. The second-order valence-corrected chi connectivity index (χ2v) is 9.93. The largest absolute Gasteiger partial charge is 0.497 e. The van der Waals surface area contributed by atoms with Crippen LogP contribution in [-0.4, -0.2) is 27.8 Å². The zero-order chi connectivity index (χ0) is 25.7. The number of methoxy groups -OCH3 is 1. The topological polar surface area (TPSA) is 119 Å². The number of nitrogens with zero attached hydrogens (tertiary/aromatic N) is 4. The number of hydrogen-bond donors (Lipinski definition) is 2. The number of halogens is 1. The lowest BCUT2D eigenvalue weighted by molar-refractivity contribution is -0.119. The highest BCUT2D eigenvalue weighted by Crippen LogP contribution is 2.37. The molecule has 0 bridgehead atoms. The monoisotopic (exact) mass is 538 g/mol. The van der Waals surface area contributed by atoms with Crippen molar-refractivity contribution in [1.29, 1.82) is 5.26 Å². The number of thioether (sulfide) groups is 1. The van der Waals surface area contributed by atoms with Crippen LogP contribution < -0.4 is 15.8 Å². The molecule has 2 heterocycles. The molecule has 4 aromatic rings. The first-order valence-electron chi connectivity index (χ1n) is 11.0. The zero-order valence-corrected chi connectivity index (χ0v) is 22.0. The molecule has 0 spiro atoms. The molecule has 1 amide bonds. The Balaban J connectivity index is 1.56. The van der Waals surface area contributed by atoms with Crippen molar-refractivity contribution in [3.63, 3.8) is 0 Å². The molecule has 0 saturated carbocycles. The Morgan fingerprint density at radius 2 is 2.03 bits per heavy atom. The molecule has 0 aliphatic rings. The molecule has 0 saturated heterocycles. The van der Waals surface area contributed by atoms with Gasteiger partial charge in [0.15, 0.2) is 5.16 Å². The van der Waals surface area contributed by atoms with E-state index in [4.69, 9.17) is 22.1 Å². The highest BCUT2D eigenvalue weighted by molar-refractivity contribution is 7.98. The summed E-state index contributed by atoms with van der Waals surface area (Å²) < 4.78 is 6.84. The van der Waals surface area contributed by atoms with E-state index in [1.54, 1.807) is 11.7 Å². The molecule has 8 nitrogen and oxygen atoms in total. The summed E-state index contributed by atoms with van der Waals surface area (Å²) in [6, 6.07) is 16.5. The van der Waals surface area contributed by atoms with Gasteiger partial charge in [-0.1, -0.05) is 60.6 Å². The maximum atomic E-state index is 13.4. The van der Waals surface area contributed by atoms with Crippen LogP contribution in [-0.2, 0) is 10.5 Å². The molecule has 0 fully saturated rings. The van der Waals surface area contributed by atoms with E-state index in [9.17, 15) is 10.1 Å². The number of carbonyl (C=O) groups is 1. The van der Waals surface area contributed by atoms with Gasteiger partial charge in [0.2, 0.25) is 11.9 Å². The number of amides is 1. The van der Waals surface area contributed by atoms with Gasteiger partial charge in [0.25, 0.3) is 0 Å². The molecule has 1 unspecified atom stereocenters. The Kier molecular flexibility index (Phi) is 8.15. The van der Waals surface area contributed by atoms with Gasteiger partial charge in [-0.2, -0.15) is 5.26 Å². The van der Waals surface area contributed by atoms with Crippen molar-refractivity contribution in [2.45, 2.75) is 30.3 Å². The Bertz CT molecular complexity index is 1410. The number of benzene rings is 2. The van der Waals surface area contributed by atoms with Gasteiger partial charge in [-0.05, 0) is 35.7 Å². The highest BCUT2D eigenvalue weighted by Gasteiger charge is 2.27. The lowest BCUT2D eigenvalue weighted by atomic mass is 10.0. The third kappa shape index (κ3) is 5.33. The fourth-order valence-corrected chi connectivity index (χ4v) is 5.86. The smallest absolute Gasteiger partial charge is 0.248 e. The van der Waals surface area contributed by atoms with Crippen LogP contribution in [0.5, 0.6) is 5.75 Å². The maximum Gasteiger partial charge on any atom is 0.248 e. The summed E-state index contributed by atoms with van der Waals surface area (Å²) in [6.45, 7) is 1.88. The van der Waals surface area contributed by atoms with E-state index in [0.717, 1.165) is 22.4 Å². The van der Waals surface area contributed by atoms with Crippen molar-refractivity contribution < 1.29 is 9.53 Å². The van der Waals surface area contributed by atoms with Gasteiger partial charge >= 0.3 is 0 Å². The number of carbonyl (C=O) groups excluding carboxylic acids is 1. The van der Waals surface area contributed by atoms with Crippen LogP contribution in [0.2, 0.25) is 5.02 Å². The van der Waals surface area contributed by atoms with E-state index in [1.807, 2.05) is 60.8 Å². The molecule has 4 rings (SSSR count). The summed E-state index contributed by atoms with van der Waals surface area (Å²) in [4.78, 5) is 13.4. The molecule has 1 atom stereocenters. The fraction of sp³-hybridized carbons (Fsp3) is 0.200. The molecular formula is C25H23ClN6O2S2. The summed E-state index contributed by atoms with van der Waals surface area (Å²) in [7, 11) is 1.60. The summed E-state index contributed by atoms with van der Waals surface area (Å²) in [5.74, 6) is 1.11. The number of anilines is 2. The van der Waals surface area contributed by atoms with Crippen LogP contribution in [0.3, 0.4) is 0 Å². The number of nitrogens with one attached hydrogen (secondary N) is 1. The van der Waals surface area contributed by atoms with Crippen molar-refractivity contribution in [3.8, 4) is 22.9 Å². The highest BCUT2D eigenvalue weighted by atomic mass is 35.5. The van der Waals surface area contributed by atoms with Gasteiger partial charge in [-0.3, -0.25) is 9.36 Å². The Morgan fingerprint density at radius 3 is 2.69 bits per heavy atom. The minimum Gasteiger partial charge on any atom is -0.497 e. The zero-order valence-electron chi connectivity index (χ0n) is 19.6. The van der Waals surface area contributed by atoms with Crippen LogP contribution in [0.4, 0.5) is 10.9 Å². The Morgan fingerprint density at radius 1 is 1.28 bits per heavy atom. The van der Waals surface area contributed by atoms with Gasteiger partial charge in [-0.25, -0.2) is 0 Å². The number of thiophene rings is 1. The first kappa shape index (κ1) is 25.6. The van der Waals surface area contributed by atoms with Crippen LogP contribution in [0.1, 0.15) is 30.5 Å². The van der Waals surface area contributed by atoms with E-state index in [0.29, 0.717) is 32.9 Å². The predicted molar refractivity (Wildman–Crippen MR) is 144 cm³/mol. The van der Waals surface area contributed by atoms with E-state index in [1.165, 1.54) is 23.1 Å². The van der Waals surface area contributed by atoms with E-state index < -0.39 is 6.04 Å².